The van der Waals surface area contributed by atoms with E-state index in [9.17, 15) is 10.1 Å². The monoisotopic (exact) mass is 400 g/mol. The van der Waals surface area contributed by atoms with Crippen LogP contribution in [-0.4, -0.2) is 69.4 Å². The van der Waals surface area contributed by atoms with Gasteiger partial charge in [0.1, 0.15) is 17.6 Å². The highest BCUT2D eigenvalue weighted by Gasteiger charge is 2.41. The van der Waals surface area contributed by atoms with E-state index >= 15 is 0 Å². The van der Waals surface area contributed by atoms with Gasteiger partial charge in [0.2, 0.25) is 0 Å². The van der Waals surface area contributed by atoms with E-state index < -0.39 is 10.5 Å². The van der Waals surface area contributed by atoms with E-state index in [0.717, 1.165) is 58.2 Å². The lowest BCUT2D eigenvalue weighted by atomic mass is 10.0. The molecule has 0 amide bonds. The molecule has 0 N–H and O–H groups in total. The first-order valence-corrected chi connectivity index (χ1v) is 9.94. The summed E-state index contributed by atoms with van der Waals surface area (Å²) in [4.78, 5) is 23.9. The summed E-state index contributed by atoms with van der Waals surface area (Å²) in [5, 5.41) is 10.9. The Labute approximate surface area is 168 Å². The van der Waals surface area contributed by atoms with Gasteiger partial charge in [-0.2, -0.15) is 0 Å². The van der Waals surface area contributed by atoms with Crippen molar-refractivity contribution >= 4 is 11.6 Å². The molecule has 0 spiro atoms. The Balaban J connectivity index is 1.24. The molecule has 5 heterocycles. The first-order chi connectivity index (χ1) is 14.0. The fraction of sp³-hybridized carbons (Fsp3) is 0.579. The molecule has 5 rings (SSSR count). The average molecular weight is 400 g/mol. The van der Waals surface area contributed by atoms with Crippen LogP contribution in [0, 0.1) is 10.1 Å². The Bertz CT molecular complexity index is 915. The molecule has 1 unspecified atom stereocenters. The molecule has 1 saturated heterocycles. The number of pyridine rings is 1. The van der Waals surface area contributed by atoms with Crippen molar-refractivity contribution in [1.82, 2.24) is 19.4 Å². The standard InChI is InChI=1S/C19H24N6O4/c1-19(13-24-11-17(25(26)27)21-18(24)29-19)12-22-5-4-15-14(10-22)2-3-16(20-15)23-6-8-28-9-7-23/h2-3,11H,4-10,12-13H2,1H3. The van der Waals surface area contributed by atoms with E-state index in [-0.39, 0.29) is 5.82 Å². The predicted molar refractivity (Wildman–Crippen MR) is 104 cm³/mol. The molecule has 0 radical (unpaired) electrons. The molecule has 10 nitrogen and oxygen atoms in total. The summed E-state index contributed by atoms with van der Waals surface area (Å²) in [7, 11) is 0. The molecule has 0 bridgehead atoms. The van der Waals surface area contributed by atoms with Gasteiger partial charge in [0.15, 0.2) is 0 Å². The van der Waals surface area contributed by atoms with Crippen molar-refractivity contribution in [2.45, 2.75) is 32.0 Å². The van der Waals surface area contributed by atoms with Crippen molar-refractivity contribution in [3.05, 3.63) is 39.7 Å². The predicted octanol–water partition coefficient (Wildman–Crippen LogP) is 1.23. The zero-order chi connectivity index (χ0) is 20.0. The zero-order valence-corrected chi connectivity index (χ0v) is 16.4. The second-order valence-corrected chi connectivity index (χ2v) is 8.15. The lowest BCUT2D eigenvalue weighted by Crippen LogP contribution is -2.46. The van der Waals surface area contributed by atoms with E-state index in [2.05, 4.69) is 26.9 Å². The third kappa shape index (κ3) is 3.53. The number of anilines is 1. The lowest BCUT2D eigenvalue weighted by Gasteiger charge is -2.34. The Morgan fingerprint density at radius 1 is 1.24 bits per heavy atom. The second kappa shape index (κ2) is 6.96. The number of ether oxygens (including phenoxy) is 2. The molecular formula is C19H24N6O4. The van der Waals surface area contributed by atoms with Gasteiger partial charge in [-0.15, -0.1) is 0 Å². The van der Waals surface area contributed by atoms with Crippen LogP contribution in [-0.2, 0) is 24.2 Å². The summed E-state index contributed by atoms with van der Waals surface area (Å²) >= 11 is 0. The number of imidazole rings is 1. The molecular weight excluding hydrogens is 376 g/mol. The van der Waals surface area contributed by atoms with Crippen molar-refractivity contribution in [3.8, 4) is 6.01 Å². The number of morpholine rings is 1. The Hall–Kier alpha value is -2.72. The van der Waals surface area contributed by atoms with Crippen LogP contribution >= 0.6 is 0 Å². The van der Waals surface area contributed by atoms with Crippen LogP contribution in [0.25, 0.3) is 0 Å². The molecule has 154 valence electrons. The first-order valence-electron chi connectivity index (χ1n) is 9.94. The third-order valence-electron chi connectivity index (χ3n) is 5.76. The number of aromatic nitrogens is 3. The number of nitrogens with zero attached hydrogens (tertiary/aromatic N) is 6. The smallest absolute Gasteiger partial charge is 0.415 e. The van der Waals surface area contributed by atoms with Crippen molar-refractivity contribution in [1.29, 1.82) is 0 Å². The largest absolute Gasteiger partial charge is 0.436 e. The summed E-state index contributed by atoms with van der Waals surface area (Å²) in [6.45, 7) is 8.35. The maximum absolute atomic E-state index is 10.9. The van der Waals surface area contributed by atoms with Gasteiger partial charge in [-0.25, -0.2) is 4.98 Å². The molecule has 1 fully saturated rings. The molecule has 2 aromatic rings. The highest BCUT2D eigenvalue weighted by Crippen LogP contribution is 2.32. The summed E-state index contributed by atoms with van der Waals surface area (Å²) in [5.74, 6) is 0.870. The van der Waals surface area contributed by atoms with Crippen molar-refractivity contribution in [2.24, 2.45) is 0 Å². The number of fused-ring (bicyclic) bond motifs is 2. The maximum atomic E-state index is 10.9. The molecule has 0 aromatic carbocycles. The van der Waals surface area contributed by atoms with Gasteiger partial charge in [-0.05, 0) is 23.5 Å². The minimum Gasteiger partial charge on any atom is -0.436 e. The van der Waals surface area contributed by atoms with E-state index in [1.807, 2.05) is 6.92 Å². The van der Waals surface area contributed by atoms with E-state index in [0.29, 0.717) is 12.6 Å². The van der Waals surface area contributed by atoms with Gasteiger partial charge in [0.05, 0.1) is 19.8 Å². The Kier molecular flexibility index (Phi) is 4.39. The molecule has 29 heavy (non-hydrogen) atoms. The summed E-state index contributed by atoms with van der Waals surface area (Å²) in [6.07, 6.45) is 2.35. The normalized spacial score (nSPS) is 24.1. The van der Waals surface area contributed by atoms with Crippen LogP contribution in [0.2, 0.25) is 0 Å². The summed E-state index contributed by atoms with van der Waals surface area (Å²) in [6, 6.07) is 4.62. The second-order valence-electron chi connectivity index (χ2n) is 8.15. The van der Waals surface area contributed by atoms with Crippen LogP contribution in [0.1, 0.15) is 18.2 Å². The minimum atomic E-state index is -0.494. The van der Waals surface area contributed by atoms with Crippen molar-refractivity contribution in [3.63, 3.8) is 0 Å². The third-order valence-corrected chi connectivity index (χ3v) is 5.76. The van der Waals surface area contributed by atoms with Crippen LogP contribution in [0.3, 0.4) is 0 Å². The number of nitro groups is 1. The molecule has 3 aliphatic rings. The van der Waals surface area contributed by atoms with E-state index in [1.165, 1.54) is 17.5 Å². The van der Waals surface area contributed by atoms with Gasteiger partial charge in [0.25, 0.3) is 0 Å². The molecule has 1 atom stereocenters. The van der Waals surface area contributed by atoms with Gasteiger partial charge in [-0.3, -0.25) is 9.47 Å². The van der Waals surface area contributed by atoms with Gasteiger partial charge < -0.3 is 24.5 Å². The minimum absolute atomic E-state index is 0.170. The SMILES string of the molecule is CC1(CN2CCc3nc(N4CCOCC4)ccc3C2)Cn2cc([N+](=O)[O-])nc2O1. The average Bonchev–Trinajstić information content (AvgIpc) is 3.23. The van der Waals surface area contributed by atoms with Gasteiger partial charge in [0, 0.05) is 49.8 Å². The maximum Gasteiger partial charge on any atom is 0.415 e. The fourth-order valence-corrected chi connectivity index (χ4v) is 4.40. The van der Waals surface area contributed by atoms with E-state index in [1.54, 1.807) is 4.57 Å². The van der Waals surface area contributed by atoms with Crippen LogP contribution < -0.4 is 9.64 Å². The highest BCUT2D eigenvalue weighted by atomic mass is 16.6. The molecule has 2 aromatic heterocycles. The van der Waals surface area contributed by atoms with Gasteiger partial charge >= 0.3 is 11.8 Å². The number of rotatable bonds is 4. The summed E-state index contributed by atoms with van der Waals surface area (Å²) < 4.78 is 13.1. The fourth-order valence-electron chi connectivity index (χ4n) is 4.40. The summed E-state index contributed by atoms with van der Waals surface area (Å²) in [5.41, 5.74) is 1.98. The molecule has 0 aliphatic carbocycles. The number of hydrogen-bond donors (Lipinski definition) is 0. The topological polar surface area (TPSA) is 98.8 Å². The lowest BCUT2D eigenvalue weighted by molar-refractivity contribution is -0.389. The van der Waals surface area contributed by atoms with E-state index in [4.69, 9.17) is 14.5 Å². The molecule has 10 heteroatoms. The molecule has 0 saturated carbocycles. The first kappa shape index (κ1) is 18.3. The quantitative estimate of drug-likeness (QED) is 0.558. The molecule has 3 aliphatic heterocycles. The van der Waals surface area contributed by atoms with Crippen LogP contribution in [0.5, 0.6) is 6.01 Å². The van der Waals surface area contributed by atoms with Crippen molar-refractivity contribution < 1.29 is 14.4 Å². The van der Waals surface area contributed by atoms with Crippen LogP contribution in [0.15, 0.2) is 18.3 Å². The zero-order valence-electron chi connectivity index (χ0n) is 16.4. The number of hydrogen-bond acceptors (Lipinski definition) is 8. The van der Waals surface area contributed by atoms with Crippen LogP contribution in [0.4, 0.5) is 11.6 Å². The Morgan fingerprint density at radius 2 is 2.07 bits per heavy atom. The highest BCUT2D eigenvalue weighted by molar-refractivity contribution is 5.43. The Morgan fingerprint density at radius 3 is 2.83 bits per heavy atom. The van der Waals surface area contributed by atoms with Crippen molar-refractivity contribution in [2.75, 3.05) is 44.3 Å². The van der Waals surface area contributed by atoms with Gasteiger partial charge in [-0.1, -0.05) is 6.07 Å².